The minimum absolute atomic E-state index is 0.141. The first-order valence-corrected chi connectivity index (χ1v) is 44.6. The lowest BCUT2D eigenvalue weighted by Gasteiger charge is -2.12. The molecule has 0 aromatic heterocycles. The van der Waals surface area contributed by atoms with E-state index in [2.05, 4.69) is 0 Å². The average Bonchev–Trinajstić information content (AvgIpc) is 0.807. The van der Waals surface area contributed by atoms with Crippen molar-refractivity contribution in [3.63, 3.8) is 0 Å². The Morgan fingerprint density at radius 3 is 0.542 bits per heavy atom. The second kappa shape index (κ2) is 47.8. The SMILES string of the molecule is CCCCCc1cc(F)c(OCc2ccc(-c3ccc(-c4cc(F)c(F)c(F)c4)cc3)c(F)c2)c(F)c1.CCCCc1cc(F)c(OCc2ccc(-c3ccc(-c4cc(F)c(F)c(F)c4)cc3)c(F)c2)c(F)c1.CCCc1cc(F)c(OCc2ccc(-c3ccc(-c4cc(F)c(F)c(F)c4)cc3)c(F)c2)c(F)c1.CCc1cc(F)c(OCc2ccc(-c3ccc(-c4cc(F)c(F)c(F)c4)cc3)c(F)c2)c(F)c1. The lowest BCUT2D eigenvalue weighted by atomic mass is 9.99. The molecule has 0 amide bonds. The zero-order valence-corrected chi connectivity index (χ0v) is 76.0. The van der Waals surface area contributed by atoms with Crippen molar-refractivity contribution in [1.29, 1.82) is 0 Å². The molecule has 0 heterocycles. The first-order chi connectivity index (χ1) is 68.0. The molecular weight excluding hydrogens is 1890 g/mol. The lowest BCUT2D eigenvalue weighted by Crippen LogP contribution is -2.02. The molecule has 16 rings (SSSR count). The Bertz CT molecular complexity index is 7010. The molecule has 732 valence electrons. The lowest BCUT2D eigenvalue weighted by molar-refractivity contribution is 0.273. The number of unbranched alkanes of at least 4 members (excludes halogenated alkanes) is 3. The highest BCUT2D eigenvalue weighted by Gasteiger charge is 2.24. The van der Waals surface area contributed by atoms with Gasteiger partial charge < -0.3 is 18.9 Å². The molecule has 0 N–H and O–H groups in total. The standard InChI is InChI=1S/C30H24F6O.C29H22F6O.C28H20F6O.C27H18F6O/c1-2-3-4-5-18-12-27(34)30(28(35)13-18)37-17-19-6-11-23(24(31)14-19)21-9-7-20(8-10-21)22-15-25(32)29(36)26(33)16-22;1-2-3-4-17-11-26(33)29(27(34)12-17)36-16-18-5-10-22(23(30)13-18)20-8-6-19(7-9-20)21-14-24(31)28(35)25(32)15-21;1-2-3-16-10-25(32)28(26(33)11-16)35-15-17-4-9-21(22(29)12-17)19-7-5-18(6-8-19)20-13-23(30)27(34)24(31)14-20;1-2-15-9-24(31)27(25(32)10-15)34-14-16-3-8-20(21(28)11-16)18-6-4-17(5-7-18)19-12-22(29)26(33)23(30)13-19/h6-16H,2-5,17H2,1H3;5-15H,2-4,16H2,1H3;4-14H,2-3,15H2,1H3;3-13H,2,14H2,1H3. The Kier molecular flexibility index (Phi) is 35.1. The van der Waals surface area contributed by atoms with E-state index in [0.29, 0.717) is 115 Å². The predicted molar refractivity (Wildman–Crippen MR) is 497 cm³/mol. The normalized spacial score (nSPS) is 11.1. The molecule has 0 aliphatic heterocycles. The van der Waals surface area contributed by atoms with Gasteiger partial charge in [0.2, 0.25) is 0 Å². The van der Waals surface area contributed by atoms with E-state index in [0.717, 1.165) is 87.1 Å². The van der Waals surface area contributed by atoms with Gasteiger partial charge in [-0.15, -0.1) is 0 Å². The highest BCUT2D eigenvalue weighted by Crippen LogP contribution is 2.39. The summed E-state index contributed by atoms with van der Waals surface area (Å²) < 4.78 is 355. The van der Waals surface area contributed by atoms with Crippen LogP contribution in [0.1, 0.15) is 111 Å². The minimum Gasteiger partial charge on any atom is -0.483 e. The van der Waals surface area contributed by atoms with Gasteiger partial charge in [0.05, 0.1) is 0 Å². The van der Waals surface area contributed by atoms with Crippen LogP contribution in [-0.2, 0) is 52.1 Å². The van der Waals surface area contributed by atoms with Crippen molar-refractivity contribution in [1.82, 2.24) is 0 Å². The molecular formula is C114H84F24O4. The smallest absolute Gasteiger partial charge is 0.194 e. The largest absolute Gasteiger partial charge is 0.483 e. The second-order valence-corrected chi connectivity index (χ2v) is 33.0. The minimum atomic E-state index is -1.55. The molecule has 0 spiro atoms. The zero-order valence-electron chi connectivity index (χ0n) is 76.0. The molecule has 0 unspecified atom stereocenters. The van der Waals surface area contributed by atoms with Gasteiger partial charge in [-0.3, -0.25) is 0 Å². The molecule has 0 saturated carbocycles. The fraction of sp³-hybridized carbons (Fsp3) is 0.158. The highest BCUT2D eigenvalue weighted by molar-refractivity contribution is 5.76. The van der Waals surface area contributed by atoms with E-state index >= 15 is 0 Å². The monoisotopic (exact) mass is 1970 g/mol. The van der Waals surface area contributed by atoms with Gasteiger partial charge >= 0.3 is 0 Å². The topological polar surface area (TPSA) is 36.9 Å². The number of rotatable bonds is 30. The second-order valence-electron chi connectivity index (χ2n) is 33.0. The van der Waals surface area contributed by atoms with E-state index < -0.39 is 163 Å². The Balaban J connectivity index is 0.000000159. The number of hydrogen-bond donors (Lipinski definition) is 0. The fourth-order valence-corrected chi connectivity index (χ4v) is 15.3. The Labute approximate surface area is 801 Å². The van der Waals surface area contributed by atoms with Crippen molar-refractivity contribution in [2.45, 2.75) is 118 Å². The number of ether oxygens (including phenoxy) is 4. The molecule has 0 atom stereocenters. The summed E-state index contributed by atoms with van der Waals surface area (Å²) in [6.45, 7) is 6.76. The van der Waals surface area contributed by atoms with Crippen LogP contribution in [0.2, 0.25) is 0 Å². The summed E-state index contributed by atoms with van der Waals surface area (Å²) in [5.74, 6) is -27.5. The molecule has 16 aromatic carbocycles. The summed E-state index contributed by atoms with van der Waals surface area (Å²) in [7, 11) is 0. The van der Waals surface area contributed by atoms with E-state index in [9.17, 15) is 105 Å². The van der Waals surface area contributed by atoms with Crippen molar-refractivity contribution in [2.75, 3.05) is 0 Å². The maximum absolute atomic E-state index is 14.8. The van der Waals surface area contributed by atoms with E-state index in [1.165, 1.54) is 146 Å². The van der Waals surface area contributed by atoms with Crippen LogP contribution in [0, 0.1) is 140 Å². The molecule has 0 radical (unpaired) electrons. The summed E-state index contributed by atoms with van der Waals surface area (Å²) in [5.41, 5.74) is 8.86. The third-order valence-corrected chi connectivity index (χ3v) is 22.8. The molecule has 16 aromatic rings. The summed E-state index contributed by atoms with van der Waals surface area (Å²) in [6, 6.07) is 58.8. The predicted octanol–water partition coefficient (Wildman–Crippen LogP) is 34.3. The molecule has 4 nitrogen and oxygen atoms in total. The number of hydrogen-bond acceptors (Lipinski definition) is 4. The van der Waals surface area contributed by atoms with Crippen LogP contribution in [0.3, 0.4) is 0 Å². The van der Waals surface area contributed by atoms with Gasteiger partial charge in [-0.05, 0) is 271 Å². The number of benzene rings is 16. The molecule has 0 aliphatic carbocycles. The van der Waals surface area contributed by atoms with Crippen molar-refractivity contribution in [2.24, 2.45) is 0 Å². The number of aryl methyl sites for hydroxylation is 4. The van der Waals surface area contributed by atoms with Crippen LogP contribution in [0.15, 0.2) is 267 Å². The van der Waals surface area contributed by atoms with Gasteiger partial charge in [0.1, 0.15) is 49.7 Å². The third kappa shape index (κ3) is 26.2. The summed E-state index contributed by atoms with van der Waals surface area (Å²) in [4.78, 5) is 0. The van der Waals surface area contributed by atoms with Crippen molar-refractivity contribution < 1.29 is 124 Å². The van der Waals surface area contributed by atoms with Gasteiger partial charge in [0, 0.05) is 22.3 Å². The van der Waals surface area contributed by atoms with Crippen LogP contribution >= 0.6 is 0 Å². The van der Waals surface area contributed by atoms with Crippen molar-refractivity contribution in [3.05, 3.63) is 451 Å². The Morgan fingerprint density at radius 2 is 0.345 bits per heavy atom. The fourth-order valence-electron chi connectivity index (χ4n) is 15.3. The average molecular weight is 1970 g/mol. The van der Waals surface area contributed by atoms with Gasteiger partial charge in [0.25, 0.3) is 0 Å². The summed E-state index contributed by atoms with van der Waals surface area (Å²) in [6.07, 6.45) is 7.44. The highest BCUT2D eigenvalue weighted by atomic mass is 19.2. The van der Waals surface area contributed by atoms with Gasteiger partial charge in [-0.1, -0.05) is 199 Å². The third-order valence-electron chi connectivity index (χ3n) is 22.8. The van der Waals surface area contributed by atoms with Gasteiger partial charge in [-0.2, -0.15) is 0 Å². The van der Waals surface area contributed by atoms with Crippen molar-refractivity contribution in [3.8, 4) is 112 Å². The molecule has 142 heavy (non-hydrogen) atoms. The van der Waals surface area contributed by atoms with Crippen LogP contribution in [0.5, 0.6) is 23.0 Å². The first-order valence-electron chi connectivity index (χ1n) is 44.6. The van der Waals surface area contributed by atoms with Crippen LogP contribution in [0.4, 0.5) is 105 Å². The quantitative estimate of drug-likeness (QED) is 0.0255. The van der Waals surface area contributed by atoms with Crippen molar-refractivity contribution >= 4 is 0 Å². The molecule has 0 fully saturated rings. The van der Waals surface area contributed by atoms with E-state index in [4.69, 9.17) is 18.9 Å². The van der Waals surface area contributed by atoms with Gasteiger partial charge in [0.15, 0.2) is 139 Å². The maximum Gasteiger partial charge on any atom is 0.194 e. The van der Waals surface area contributed by atoms with E-state index in [-0.39, 0.29) is 70.9 Å². The first kappa shape index (κ1) is 104. The van der Waals surface area contributed by atoms with E-state index in [1.807, 2.05) is 20.8 Å². The van der Waals surface area contributed by atoms with Crippen LogP contribution in [-0.4, -0.2) is 0 Å². The zero-order chi connectivity index (χ0) is 102. The summed E-state index contributed by atoms with van der Waals surface area (Å²) in [5, 5.41) is 0. The van der Waals surface area contributed by atoms with Gasteiger partial charge in [-0.25, -0.2) is 105 Å². The molecule has 0 aliphatic rings. The molecule has 0 bridgehead atoms. The van der Waals surface area contributed by atoms with Crippen LogP contribution in [0.25, 0.3) is 89.0 Å². The maximum atomic E-state index is 14.8. The molecule has 28 heteroatoms. The number of halogens is 24. The Morgan fingerprint density at radius 1 is 0.155 bits per heavy atom. The summed E-state index contributed by atoms with van der Waals surface area (Å²) >= 11 is 0. The van der Waals surface area contributed by atoms with Crippen LogP contribution < -0.4 is 18.9 Å². The van der Waals surface area contributed by atoms with E-state index in [1.54, 1.807) is 79.7 Å². The molecule has 0 saturated heterocycles. The Hall–Kier alpha value is -15.0.